The first-order valence-corrected chi connectivity index (χ1v) is 11.0. The van der Waals surface area contributed by atoms with Gasteiger partial charge >= 0.3 is 0 Å². The van der Waals surface area contributed by atoms with E-state index in [1.807, 2.05) is 24.3 Å². The van der Waals surface area contributed by atoms with E-state index in [0.29, 0.717) is 29.2 Å². The number of rotatable bonds is 8. The number of halogens is 1. The Hall–Kier alpha value is -2.83. The van der Waals surface area contributed by atoms with Crippen LogP contribution in [0.3, 0.4) is 0 Å². The van der Waals surface area contributed by atoms with Gasteiger partial charge in [0.05, 0.1) is 16.3 Å². The van der Waals surface area contributed by atoms with Gasteiger partial charge in [0.15, 0.2) is 0 Å². The molecule has 3 aromatic carbocycles. The number of amides is 1. The molecule has 3 rings (SSSR count). The largest absolute Gasteiger partial charge is 0.324 e. The summed E-state index contributed by atoms with van der Waals surface area (Å²) in [6.45, 7) is 0. The summed E-state index contributed by atoms with van der Waals surface area (Å²) < 4.78 is 27.7. The normalized spacial score (nSPS) is 11.1. The zero-order valence-corrected chi connectivity index (χ0v) is 17.2. The van der Waals surface area contributed by atoms with Crippen molar-refractivity contribution in [1.82, 2.24) is 0 Å². The van der Waals surface area contributed by atoms with E-state index in [2.05, 4.69) is 10.0 Å². The van der Waals surface area contributed by atoms with Crippen molar-refractivity contribution >= 4 is 38.9 Å². The minimum atomic E-state index is -3.74. The number of benzene rings is 3. The van der Waals surface area contributed by atoms with Gasteiger partial charge < -0.3 is 5.32 Å². The molecular weight excluding hydrogens is 408 g/mol. The maximum Gasteiger partial charge on any atom is 0.261 e. The predicted molar refractivity (Wildman–Crippen MR) is 117 cm³/mol. The van der Waals surface area contributed by atoms with Crippen LogP contribution >= 0.6 is 11.6 Å². The molecule has 0 unspecified atom stereocenters. The van der Waals surface area contributed by atoms with Gasteiger partial charge in [-0.3, -0.25) is 9.52 Å². The molecule has 0 radical (unpaired) electrons. The molecular formula is C22H21ClN2O3S. The average Bonchev–Trinajstić information content (AvgIpc) is 2.71. The lowest BCUT2D eigenvalue weighted by atomic mass is 10.1. The molecule has 3 aromatic rings. The zero-order chi connectivity index (χ0) is 20.7. The van der Waals surface area contributed by atoms with E-state index in [1.165, 1.54) is 12.1 Å². The molecule has 0 aliphatic carbocycles. The van der Waals surface area contributed by atoms with E-state index >= 15 is 0 Å². The average molecular weight is 429 g/mol. The lowest BCUT2D eigenvalue weighted by Crippen LogP contribution is -2.17. The molecule has 2 N–H and O–H groups in total. The molecule has 29 heavy (non-hydrogen) atoms. The Morgan fingerprint density at radius 2 is 1.45 bits per heavy atom. The third-order valence-corrected chi connectivity index (χ3v) is 5.91. The highest BCUT2D eigenvalue weighted by Crippen LogP contribution is 2.24. The third-order valence-electron chi connectivity index (χ3n) is 4.28. The molecule has 0 atom stereocenters. The van der Waals surface area contributed by atoms with Crippen LogP contribution in [0.25, 0.3) is 0 Å². The van der Waals surface area contributed by atoms with Gasteiger partial charge in [-0.25, -0.2) is 8.42 Å². The summed E-state index contributed by atoms with van der Waals surface area (Å²) in [4.78, 5) is 12.5. The van der Waals surface area contributed by atoms with Crippen molar-refractivity contribution in [2.24, 2.45) is 0 Å². The first kappa shape index (κ1) is 20.9. The number of carbonyl (C=O) groups excluding carboxylic acids is 1. The van der Waals surface area contributed by atoms with Gasteiger partial charge in [-0.2, -0.15) is 0 Å². The number of hydrogen-bond acceptors (Lipinski definition) is 3. The standard InChI is InChI=1S/C22H21ClN2O3S/c23-18-15-13-17(14-16-18)7-6-12-22(26)24-20-10-4-5-11-21(20)25-29(27,28)19-8-2-1-3-9-19/h1-5,8-11,13-16,25H,6-7,12H2,(H,24,26). The van der Waals surface area contributed by atoms with Crippen molar-refractivity contribution in [3.8, 4) is 0 Å². The van der Waals surface area contributed by atoms with Crippen LogP contribution in [0.5, 0.6) is 0 Å². The Morgan fingerprint density at radius 1 is 0.828 bits per heavy atom. The first-order chi connectivity index (χ1) is 13.9. The Morgan fingerprint density at radius 3 is 2.14 bits per heavy atom. The second-order valence-corrected chi connectivity index (χ2v) is 8.61. The van der Waals surface area contributed by atoms with Crippen molar-refractivity contribution in [3.05, 3.63) is 89.4 Å². The lowest BCUT2D eigenvalue weighted by molar-refractivity contribution is -0.116. The molecule has 0 fully saturated rings. The van der Waals surface area contributed by atoms with Crippen molar-refractivity contribution in [1.29, 1.82) is 0 Å². The number of anilines is 2. The van der Waals surface area contributed by atoms with Gasteiger partial charge in [-0.05, 0) is 54.8 Å². The smallest absolute Gasteiger partial charge is 0.261 e. The van der Waals surface area contributed by atoms with Crippen molar-refractivity contribution in [2.45, 2.75) is 24.2 Å². The van der Waals surface area contributed by atoms with E-state index < -0.39 is 10.0 Å². The van der Waals surface area contributed by atoms with Crippen LogP contribution in [0.1, 0.15) is 18.4 Å². The Labute approximate surface area is 175 Å². The summed E-state index contributed by atoms with van der Waals surface area (Å²) in [7, 11) is -3.74. The number of para-hydroxylation sites is 2. The molecule has 7 heteroatoms. The molecule has 0 aliphatic rings. The van der Waals surface area contributed by atoms with Crippen LogP contribution in [0.4, 0.5) is 11.4 Å². The second-order valence-electron chi connectivity index (χ2n) is 6.49. The third kappa shape index (κ3) is 6.07. The maximum atomic E-state index is 12.6. The van der Waals surface area contributed by atoms with E-state index in [4.69, 9.17) is 11.6 Å². The molecule has 0 saturated carbocycles. The van der Waals surface area contributed by atoms with Crippen LogP contribution < -0.4 is 10.0 Å². The topological polar surface area (TPSA) is 75.3 Å². The zero-order valence-electron chi connectivity index (χ0n) is 15.6. The summed E-state index contributed by atoms with van der Waals surface area (Å²) in [5, 5.41) is 3.47. The molecule has 0 heterocycles. The summed E-state index contributed by atoms with van der Waals surface area (Å²) in [5.41, 5.74) is 1.85. The fourth-order valence-electron chi connectivity index (χ4n) is 2.80. The van der Waals surface area contributed by atoms with Crippen molar-refractivity contribution in [2.75, 3.05) is 10.0 Å². The van der Waals surface area contributed by atoms with E-state index in [9.17, 15) is 13.2 Å². The lowest BCUT2D eigenvalue weighted by Gasteiger charge is -2.13. The van der Waals surface area contributed by atoms with E-state index in [-0.39, 0.29) is 10.8 Å². The number of nitrogens with one attached hydrogen (secondary N) is 2. The highest BCUT2D eigenvalue weighted by atomic mass is 35.5. The number of hydrogen-bond donors (Lipinski definition) is 2. The molecule has 0 spiro atoms. The van der Waals surface area contributed by atoms with E-state index in [0.717, 1.165) is 12.0 Å². The molecule has 0 aromatic heterocycles. The predicted octanol–water partition coefficient (Wildman–Crippen LogP) is 5.10. The molecule has 5 nitrogen and oxygen atoms in total. The fourth-order valence-corrected chi connectivity index (χ4v) is 4.03. The van der Waals surface area contributed by atoms with Crippen molar-refractivity contribution in [3.63, 3.8) is 0 Å². The van der Waals surface area contributed by atoms with Crippen LogP contribution in [0.2, 0.25) is 5.02 Å². The maximum absolute atomic E-state index is 12.6. The van der Waals surface area contributed by atoms with Crippen LogP contribution in [0, 0.1) is 0 Å². The monoisotopic (exact) mass is 428 g/mol. The SMILES string of the molecule is O=C(CCCc1ccc(Cl)cc1)Nc1ccccc1NS(=O)(=O)c1ccccc1. The molecule has 0 saturated heterocycles. The summed E-state index contributed by atoms with van der Waals surface area (Å²) in [5.74, 6) is -0.176. The van der Waals surface area contributed by atoms with E-state index in [1.54, 1.807) is 42.5 Å². The molecule has 1 amide bonds. The highest BCUT2D eigenvalue weighted by Gasteiger charge is 2.16. The van der Waals surface area contributed by atoms with Crippen molar-refractivity contribution < 1.29 is 13.2 Å². The minimum Gasteiger partial charge on any atom is -0.324 e. The van der Waals surface area contributed by atoms with Gasteiger partial charge in [-0.15, -0.1) is 0 Å². The fraction of sp³-hybridized carbons (Fsp3) is 0.136. The summed E-state index contributed by atoms with van der Waals surface area (Å²) in [6, 6.07) is 22.3. The van der Waals surface area contributed by atoms with Gasteiger partial charge in [0.25, 0.3) is 10.0 Å². The molecule has 0 bridgehead atoms. The second kappa shape index (κ2) is 9.58. The van der Waals surface area contributed by atoms with Gasteiger partial charge in [-0.1, -0.05) is 54.1 Å². The van der Waals surface area contributed by atoms with Crippen LogP contribution in [-0.4, -0.2) is 14.3 Å². The molecule has 150 valence electrons. The number of sulfonamides is 1. The highest BCUT2D eigenvalue weighted by molar-refractivity contribution is 7.92. The quantitative estimate of drug-likeness (QED) is 0.524. The van der Waals surface area contributed by atoms with Gasteiger partial charge in [0.2, 0.25) is 5.91 Å². The van der Waals surface area contributed by atoms with Gasteiger partial charge in [0, 0.05) is 11.4 Å². The Bertz CT molecular complexity index is 1070. The number of carbonyl (C=O) groups is 1. The van der Waals surface area contributed by atoms with Crippen LogP contribution in [-0.2, 0) is 21.2 Å². The molecule has 0 aliphatic heterocycles. The van der Waals surface area contributed by atoms with Crippen LogP contribution in [0.15, 0.2) is 83.8 Å². The Kier molecular flexibility index (Phi) is 6.90. The summed E-state index contributed by atoms with van der Waals surface area (Å²) >= 11 is 5.87. The number of aryl methyl sites for hydroxylation is 1. The summed E-state index contributed by atoms with van der Waals surface area (Å²) in [6.07, 6.45) is 1.75. The minimum absolute atomic E-state index is 0.157. The Balaban J connectivity index is 1.61. The first-order valence-electron chi connectivity index (χ1n) is 9.15. The van der Waals surface area contributed by atoms with Gasteiger partial charge in [0.1, 0.15) is 0 Å².